The Morgan fingerprint density at radius 2 is 1.63 bits per heavy atom. The van der Waals surface area contributed by atoms with E-state index in [1.807, 2.05) is 31.2 Å². The molecule has 1 N–H and O–H groups in total. The van der Waals surface area contributed by atoms with Crippen LogP contribution in [0.15, 0.2) is 76.3 Å². The van der Waals surface area contributed by atoms with E-state index in [1.54, 1.807) is 42.5 Å². The SMILES string of the molecule is CCCOc1ccc(C(=O)Oc2ccc(Br)cc2/C=N\NC(=O)COc2ccc(CC)cc2)cc1. The molecule has 0 heterocycles. The molecule has 7 nitrogen and oxygen atoms in total. The highest BCUT2D eigenvalue weighted by Gasteiger charge is 2.12. The number of ether oxygens (including phenoxy) is 3. The number of carbonyl (C=O) groups is 2. The van der Waals surface area contributed by atoms with E-state index in [1.165, 1.54) is 11.8 Å². The van der Waals surface area contributed by atoms with Crippen molar-refractivity contribution in [3.63, 3.8) is 0 Å². The fourth-order valence-electron chi connectivity index (χ4n) is 2.96. The highest BCUT2D eigenvalue weighted by molar-refractivity contribution is 9.10. The molecule has 1 amide bonds. The first-order valence-electron chi connectivity index (χ1n) is 11.3. The van der Waals surface area contributed by atoms with Crippen molar-refractivity contribution in [2.24, 2.45) is 5.10 Å². The largest absolute Gasteiger partial charge is 0.494 e. The van der Waals surface area contributed by atoms with E-state index in [0.29, 0.717) is 35.0 Å². The molecule has 3 aromatic carbocycles. The fourth-order valence-corrected chi connectivity index (χ4v) is 3.33. The molecule has 0 aliphatic heterocycles. The van der Waals surface area contributed by atoms with E-state index in [-0.39, 0.29) is 6.61 Å². The number of halogens is 1. The molecule has 0 bridgehead atoms. The molecular formula is C27H27BrN2O5. The lowest BCUT2D eigenvalue weighted by Gasteiger charge is -2.09. The molecule has 182 valence electrons. The first kappa shape index (κ1) is 26.0. The highest BCUT2D eigenvalue weighted by Crippen LogP contribution is 2.23. The van der Waals surface area contributed by atoms with Crippen LogP contribution in [0, 0.1) is 0 Å². The monoisotopic (exact) mass is 538 g/mol. The molecule has 0 saturated heterocycles. The van der Waals surface area contributed by atoms with Gasteiger partial charge in [0.05, 0.1) is 18.4 Å². The van der Waals surface area contributed by atoms with Crippen LogP contribution in [0.25, 0.3) is 0 Å². The molecule has 0 unspecified atom stereocenters. The zero-order valence-electron chi connectivity index (χ0n) is 19.6. The molecule has 0 atom stereocenters. The topological polar surface area (TPSA) is 86.2 Å². The van der Waals surface area contributed by atoms with E-state index in [4.69, 9.17) is 14.2 Å². The summed E-state index contributed by atoms with van der Waals surface area (Å²) in [7, 11) is 0. The number of nitrogens with one attached hydrogen (secondary N) is 1. The van der Waals surface area contributed by atoms with Gasteiger partial charge in [0, 0.05) is 10.0 Å². The fraction of sp³-hybridized carbons (Fsp3) is 0.222. The van der Waals surface area contributed by atoms with Crippen LogP contribution in [-0.4, -0.2) is 31.3 Å². The number of hydrazone groups is 1. The van der Waals surface area contributed by atoms with Crippen LogP contribution in [0.4, 0.5) is 0 Å². The second kappa shape index (κ2) is 13.3. The van der Waals surface area contributed by atoms with Gasteiger partial charge in [-0.05, 0) is 73.0 Å². The first-order chi connectivity index (χ1) is 17.0. The average molecular weight is 539 g/mol. The van der Waals surface area contributed by atoms with E-state index in [2.05, 4.69) is 33.4 Å². The second-order valence-electron chi connectivity index (χ2n) is 7.52. The van der Waals surface area contributed by atoms with Crippen molar-refractivity contribution in [1.29, 1.82) is 0 Å². The summed E-state index contributed by atoms with van der Waals surface area (Å²) in [6.07, 6.45) is 3.24. The third-order valence-electron chi connectivity index (χ3n) is 4.83. The Morgan fingerprint density at radius 1 is 0.943 bits per heavy atom. The van der Waals surface area contributed by atoms with Gasteiger partial charge in [0.1, 0.15) is 17.2 Å². The van der Waals surface area contributed by atoms with Crippen LogP contribution < -0.4 is 19.6 Å². The van der Waals surface area contributed by atoms with Gasteiger partial charge < -0.3 is 14.2 Å². The minimum Gasteiger partial charge on any atom is -0.494 e. The number of amides is 1. The zero-order chi connectivity index (χ0) is 25.0. The maximum Gasteiger partial charge on any atom is 0.343 e. The van der Waals surface area contributed by atoms with Gasteiger partial charge in [-0.25, -0.2) is 10.2 Å². The van der Waals surface area contributed by atoms with Gasteiger partial charge >= 0.3 is 5.97 Å². The summed E-state index contributed by atoms with van der Waals surface area (Å²) in [4.78, 5) is 24.7. The summed E-state index contributed by atoms with van der Waals surface area (Å²) in [6.45, 7) is 4.53. The quantitative estimate of drug-likeness (QED) is 0.150. The van der Waals surface area contributed by atoms with Crippen molar-refractivity contribution in [2.45, 2.75) is 26.7 Å². The van der Waals surface area contributed by atoms with Crippen molar-refractivity contribution >= 4 is 34.0 Å². The van der Waals surface area contributed by atoms with Crippen molar-refractivity contribution in [3.05, 3.63) is 87.9 Å². The molecule has 0 spiro atoms. The maximum atomic E-state index is 12.6. The van der Waals surface area contributed by atoms with Crippen LogP contribution in [0.3, 0.4) is 0 Å². The predicted octanol–water partition coefficient (Wildman–Crippen LogP) is 5.55. The van der Waals surface area contributed by atoms with Gasteiger partial charge in [0.15, 0.2) is 6.61 Å². The smallest absolute Gasteiger partial charge is 0.343 e. The zero-order valence-corrected chi connectivity index (χ0v) is 21.2. The predicted molar refractivity (Wildman–Crippen MR) is 138 cm³/mol. The van der Waals surface area contributed by atoms with Crippen LogP contribution >= 0.6 is 15.9 Å². The number of esters is 1. The van der Waals surface area contributed by atoms with Crippen molar-refractivity contribution in [2.75, 3.05) is 13.2 Å². The number of rotatable bonds is 11. The maximum absolute atomic E-state index is 12.6. The molecule has 0 fully saturated rings. The standard InChI is InChI=1S/C27H27BrN2O5/c1-3-15-33-23-12-7-20(8-13-23)27(32)35-25-14-9-22(28)16-21(25)17-29-30-26(31)18-34-24-10-5-19(4-2)6-11-24/h5-14,16-17H,3-4,15,18H2,1-2H3,(H,30,31)/b29-17-. The Bertz CT molecular complexity index is 1160. The minimum absolute atomic E-state index is 0.179. The summed E-state index contributed by atoms with van der Waals surface area (Å²) < 4.78 is 17.3. The molecule has 0 saturated carbocycles. The Kier molecular flexibility index (Phi) is 9.86. The van der Waals surface area contributed by atoms with E-state index in [9.17, 15) is 9.59 Å². The van der Waals surface area contributed by atoms with E-state index >= 15 is 0 Å². The van der Waals surface area contributed by atoms with Crippen LogP contribution in [0.5, 0.6) is 17.2 Å². The van der Waals surface area contributed by atoms with Crippen LogP contribution in [0.2, 0.25) is 0 Å². The van der Waals surface area contributed by atoms with Gasteiger partial charge in [-0.1, -0.05) is 41.9 Å². The molecule has 0 radical (unpaired) electrons. The molecule has 0 aliphatic rings. The Morgan fingerprint density at radius 3 is 2.31 bits per heavy atom. The van der Waals surface area contributed by atoms with Crippen molar-refractivity contribution < 1.29 is 23.8 Å². The Labute approximate surface area is 213 Å². The van der Waals surface area contributed by atoms with Crippen LogP contribution in [0.1, 0.15) is 41.8 Å². The summed E-state index contributed by atoms with van der Waals surface area (Å²) in [5.41, 5.74) is 4.50. The van der Waals surface area contributed by atoms with Gasteiger partial charge in [0.25, 0.3) is 5.91 Å². The third kappa shape index (κ3) is 8.26. The van der Waals surface area contributed by atoms with E-state index in [0.717, 1.165) is 17.3 Å². The van der Waals surface area contributed by atoms with Gasteiger partial charge in [-0.15, -0.1) is 0 Å². The molecule has 3 aromatic rings. The Balaban J connectivity index is 1.58. The first-order valence-corrected chi connectivity index (χ1v) is 12.1. The normalized spacial score (nSPS) is 10.7. The van der Waals surface area contributed by atoms with Gasteiger partial charge in [-0.2, -0.15) is 5.10 Å². The van der Waals surface area contributed by atoms with Crippen molar-refractivity contribution in [1.82, 2.24) is 5.43 Å². The summed E-state index contributed by atoms with van der Waals surface area (Å²) in [6, 6.07) is 19.4. The van der Waals surface area contributed by atoms with Crippen molar-refractivity contribution in [3.8, 4) is 17.2 Å². The van der Waals surface area contributed by atoms with Gasteiger partial charge in [-0.3, -0.25) is 4.79 Å². The summed E-state index contributed by atoms with van der Waals surface area (Å²) >= 11 is 3.39. The number of hydrogen-bond donors (Lipinski definition) is 1. The summed E-state index contributed by atoms with van der Waals surface area (Å²) in [5, 5.41) is 3.97. The average Bonchev–Trinajstić information content (AvgIpc) is 2.88. The number of hydrogen-bond acceptors (Lipinski definition) is 6. The molecular weight excluding hydrogens is 512 g/mol. The number of aryl methyl sites for hydroxylation is 1. The molecule has 0 aliphatic carbocycles. The molecule has 35 heavy (non-hydrogen) atoms. The lowest BCUT2D eigenvalue weighted by atomic mass is 10.2. The lowest BCUT2D eigenvalue weighted by molar-refractivity contribution is -0.123. The van der Waals surface area contributed by atoms with Gasteiger partial charge in [0.2, 0.25) is 0 Å². The number of benzene rings is 3. The summed E-state index contributed by atoms with van der Waals surface area (Å²) in [5.74, 6) is 0.662. The number of nitrogens with zero attached hydrogens (tertiary/aromatic N) is 1. The molecule has 3 rings (SSSR count). The Hall–Kier alpha value is -3.65. The lowest BCUT2D eigenvalue weighted by Crippen LogP contribution is -2.24. The number of carbonyl (C=O) groups excluding carboxylic acids is 2. The highest BCUT2D eigenvalue weighted by atomic mass is 79.9. The van der Waals surface area contributed by atoms with Crippen LogP contribution in [-0.2, 0) is 11.2 Å². The molecule has 0 aromatic heterocycles. The van der Waals surface area contributed by atoms with E-state index < -0.39 is 11.9 Å². The minimum atomic E-state index is -0.518. The third-order valence-corrected chi connectivity index (χ3v) is 5.33. The second-order valence-corrected chi connectivity index (χ2v) is 8.44. The molecule has 8 heteroatoms.